The normalized spacial score (nSPS) is 11.7. The number of fused-ring (bicyclic) bond motifs is 8. The maximum Gasteiger partial charge on any atom is 0.171 e. The minimum Gasteiger partial charge on any atom is -0.351 e. The maximum atomic E-state index is 6.60. The lowest BCUT2D eigenvalue weighted by Gasteiger charge is -2.28. The number of thiocarbonyl (C=S) groups is 1. The van der Waals surface area contributed by atoms with E-state index in [-0.39, 0.29) is 6.04 Å². The second-order valence-electron chi connectivity index (χ2n) is 16.9. The highest BCUT2D eigenvalue weighted by Gasteiger charge is 2.27. The van der Waals surface area contributed by atoms with E-state index in [2.05, 4.69) is 253 Å². The largest absolute Gasteiger partial charge is 0.351 e. The van der Waals surface area contributed by atoms with Crippen LogP contribution < -0.4 is 26.5 Å². The van der Waals surface area contributed by atoms with Gasteiger partial charge in [-0.15, -0.1) is 0 Å². The molecule has 12 rings (SSSR count). The third kappa shape index (κ3) is 7.05. The minimum atomic E-state index is -0.966. The molecule has 0 spiro atoms. The van der Waals surface area contributed by atoms with Crippen LogP contribution in [-0.2, 0) is 0 Å². The van der Waals surface area contributed by atoms with Crippen molar-refractivity contribution < 1.29 is 0 Å². The Hall–Kier alpha value is -7.68. The molecule has 12 aromatic rings. The van der Waals surface area contributed by atoms with Crippen LogP contribution in [0, 0.1) is 0 Å². The van der Waals surface area contributed by atoms with Gasteiger partial charge >= 0.3 is 0 Å². The molecule has 0 fully saturated rings. The summed E-state index contributed by atoms with van der Waals surface area (Å²) in [5, 5.41) is 26.7. The van der Waals surface area contributed by atoms with Crippen molar-refractivity contribution in [1.82, 2.24) is 5.32 Å². The SMILES string of the molecule is S=C(Nc1ccc2ccccc2c1-c1c(P(c2ccccc2)c2ccccc2)ccc2ccccc12)NC(c1cc2ccccc2c2ccccc12)c1cc2ccccc2c2ccccc12. The van der Waals surface area contributed by atoms with Crippen molar-refractivity contribution in [2.75, 3.05) is 5.32 Å². The smallest absolute Gasteiger partial charge is 0.171 e. The van der Waals surface area contributed by atoms with Gasteiger partial charge in [0.15, 0.2) is 5.11 Å². The molecule has 66 heavy (non-hydrogen) atoms. The van der Waals surface area contributed by atoms with Crippen LogP contribution in [0.25, 0.3) is 75.8 Å². The number of hydrogen-bond acceptors (Lipinski definition) is 1. The first-order valence-electron chi connectivity index (χ1n) is 22.5. The third-order valence-corrected chi connectivity index (χ3v) is 15.8. The zero-order chi connectivity index (χ0) is 44.0. The van der Waals surface area contributed by atoms with Crippen LogP contribution in [-0.4, -0.2) is 5.11 Å². The van der Waals surface area contributed by atoms with Gasteiger partial charge in [-0.2, -0.15) is 0 Å². The number of rotatable bonds is 8. The van der Waals surface area contributed by atoms with Crippen LogP contribution >= 0.6 is 20.1 Å². The summed E-state index contributed by atoms with van der Waals surface area (Å²) in [6, 6.07) is 88.1. The Bertz CT molecular complexity index is 3650. The fourth-order valence-corrected chi connectivity index (χ4v) is 12.9. The summed E-state index contributed by atoms with van der Waals surface area (Å²) in [5.41, 5.74) is 5.63. The lowest BCUT2D eigenvalue weighted by Crippen LogP contribution is -2.33. The average molecular weight is 879 g/mol. The maximum absolute atomic E-state index is 6.60. The van der Waals surface area contributed by atoms with Crippen LogP contribution in [0.15, 0.2) is 243 Å². The molecule has 0 radical (unpaired) electrons. The highest BCUT2D eigenvalue weighted by Crippen LogP contribution is 2.45. The Morgan fingerprint density at radius 1 is 0.348 bits per heavy atom. The summed E-state index contributed by atoms with van der Waals surface area (Å²) in [5.74, 6) is 0. The number of hydrogen-bond donors (Lipinski definition) is 2. The molecule has 0 aromatic heterocycles. The summed E-state index contributed by atoms with van der Waals surface area (Å²) in [7, 11) is -0.966. The molecule has 0 bridgehead atoms. The van der Waals surface area contributed by atoms with Crippen LogP contribution in [0.5, 0.6) is 0 Å². The van der Waals surface area contributed by atoms with E-state index in [1.54, 1.807) is 0 Å². The molecular weight excluding hydrogens is 836 g/mol. The standard InChI is InChI=1S/C62H43N2PS/c66-62(64-61(55-39-43-21-9-11-27-47(43)51-31-15-17-33-53(51)55)56-40-44-22-10-12-28-48(44)52-32-16-18-34-54(52)56)63-57-37-35-41-19-7-13-29-49(41)59(57)60-50-30-14-8-20-42(50)36-38-58(60)65(45-23-3-1-4-24-45)46-25-5-2-6-26-46/h1-40,61H,(H2,63,64,66). The van der Waals surface area contributed by atoms with Crippen molar-refractivity contribution in [3.63, 3.8) is 0 Å². The fraction of sp³-hybridized carbons (Fsp3) is 0.0161. The van der Waals surface area contributed by atoms with Crippen molar-refractivity contribution in [1.29, 1.82) is 0 Å². The van der Waals surface area contributed by atoms with Crippen LogP contribution in [0.1, 0.15) is 17.2 Å². The predicted molar refractivity (Wildman–Crippen MR) is 290 cm³/mol. The molecule has 0 aliphatic rings. The molecule has 0 heterocycles. The first-order valence-corrected chi connectivity index (χ1v) is 24.3. The number of nitrogens with one attached hydrogen (secondary N) is 2. The molecule has 2 N–H and O–H groups in total. The highest BCUT2D eigenvalue weighted by molar-refractivity contribution is 7.80. The molecule has 0 saturated carbocycles. The summed E-state index contributed by atoms with van der Waals surface area (Å²) in [6.45, 7) is 0. The van der Waals surface area contributed by atoms with Gasteiger partial charge in [0.25, 0.3) is 0 Å². The second-order valence-corrected chi connectivity index (χ2v) is 19.5. The topological polar surface area (TPSA) is 24.1 Å². The first kappa shape index (κ1) is 39.9. The number of benzene rings is 12. The molecule has 0 saturated heterocycles. The minimum absolute atomic E-state index is 0.310. The van der Waals surface area contributed by atoms with Gasteiger partial charge in [-0.05, 0) is 130 Å². The van der Waals surface area contributed by atoms with Gasteiger partial charge in [0.05, 0.1) is 6.04 Å². The van der Waals surface area contributed by atoms with Crippen molar-refractivity contribution >= 4 is 111 Å². The molecule has 12 aromatic carbocycles. The van der Waals surface area contributed by atoms with Gasteiger partial charge in [-0.1, -0.05) is 224 Å². The lowest BCUT2D eigenvalue weighted by molar-refractivity contribution is 0.784. The Morgan fingerprint density at radius 3 is 1.26 bits per heavy atom. The van der Waals surface area contributed by atoms with Crippen LogP contribution in [0.4, 0.5) is 5.69 Å². The zero-order valence-corrected chi connectivity index (χ0v) is 37.7. The Labute approximate surface area is 390 Å². The van der Waals surface area contributed by atoms with E-state index >= 15 is 0 Å². The van der Waals surface area contributed by atoms with Gasteiger partial charge in [-0.25, -0.2) is 0 Å². The molecule has 0 atom stereocenters. The molecule has 2 nitrogen and oxygen atoms in total. The van der Waals surface area contributed by atoms with Crippen molar-refractivity contribution in [2.24, 2.45) is 0 Å². The first-order chi connectivity index (χ1) is 32.7. The van der Waals surface area contributed by atoms with Crippen LogP contribution in [0.2, 0.25) is 0 Å². The molecule has 0 amide bonds. The summed E-state index contributed by atoms with van der Waals surface area (Å²) in [4.78, 5) is 0. The molecule has 312 valence electrons. The quantitative estimate of drug-likeness (QED) is 0.0903. The Kier molecular flexibility index (Phi) is 10.3. The fourth-order valence-electron chi connectivity index (χ4n) is 10.2. The van der Waals surface area contributed by atoms with Crippen molar-refractivity contribution in [3.05, 3.63) is 254 Å². The third-order valence-electron chi connectivity index (χ3n) is 13.1. The van der Waals surface area contributed by atoms with E-state index in [9.17, 15) is 0 Å². The molecule has 0 unspecified atom stereocenters. The van der Waals surface area contributed by atoms with Gasteiger partial charge in [0, 0.05) is 16.8 Å². The summed E-state index contributed by atoms with van der Waals surface area (Å²) in [6.07, 6.45) is 0. The van der Waals surface area contributed by atoms with E-state index < -0.39 is 7.92 Å². The van der Waals surface area contributed by atoms with E-state index in [1.165, 1.54) is 91.9 Å². The van der Waals surface area contributed by atoms with Gasteiger partial charge < -0.3 is 10.6 Å². The highest BCUT2D eigenvalue weighted by atomic mass is 32.1. The lowest BCUT2D eigenvalue weighted by atomic mass is 9.86. The molecule has 0 aliphatic carbocycles. The van der Waals surface area contributed by atoms with E-state index in [1.807, 2.05) is 0 Å². The van der Waals surface area contributed by atoms with Crippen molar-refractivity contribution in [2.45, 2.75) is 6.04 Å². The van der Waals surface area contributed by atoms with Gasteiger partial charge in [0.1, 0.15) is 0 Å². The van der Waals surface area contributed by atoms with E-state index in [4.69, 9.17) is 12.2 Å². The van der Waals surface area contributed by atoms with Crippen molar-refractivity contribution in [3.8, 4) is 11.1 Å². The van der Waals surface area contributed by atoms with Gasteiger partial charge in [0.2, 0.25) is 0 Å². The second kappa shape index (κ2) is 17.0. The summed E-state index contributed by atoms with van der Waals surface area (Å²) >= 11 is 6.60. The molecule has 4 heteroatoms. The van der Waals surface area contributed by atoms with Gasteiger partial charge in [-0.3, -0.25) is 0 Å². The molecular formula is C62H43N2PS. The van der Waals surface area contributed by atoms with Crippen LogP contribution in [0.3, 0.4) is 0 Å². The monoisotopic (exact) mass is 878 g/mol. The van der Waals surface area contributed by atoms with E-state index in [0.29, 0.717) is 5.11 Å². The average Bonchev–Trinajstić information content (AvgIpc) is 3.38. The Balaban J connectivity index is 1.07. The number of anilines is 1. The predicted octanol–water partition coefficient (Wildman–Crippen LogP) is 15.1. The van der Waals surface area contributed by atoms with E-state index in [0.717, 1.165) is 16.6 Å². The zero-order valence-electron chi connectivity index (χ0n) is 36.0. The summed E-state index contributed by atoms with van der Waals surface area (Å²) < 4.78 is 0. The Morgan fingerprint density at radius 2 is 0.742 bits per heavy atom. The molecule has 0 aliphatic heterocycles.